The number of ether oxygens (including phenoxy) is 1. The molecule has 3 aromatic rings. The standard InChI is InChI=1S/C23H21FN2O3/c24-16-8-6-7-15(13-16)18-14-25-21(22(18)27)23(28)26-19-11-4-5-12-20(19)29-17-9-2-1-3-10-17/h1-13,18,21-22,25,27H,14H2,(H,26,28)/t18-,21+,22-/m1/s1. The second-order valence-electron chi connectivity index (χ2n) is 6.94. The Morgan fingerprint density at radius 2 is 1.79 bits per heavy atom. The quantitative estimate of drug-likeness (QED) is 0.620. The predicted molar refractivity (Wildman–Crippen MR) is 109 cm³/mol. The molecule has 1 amide bonds. The molecule has 0 aromatic heterocycles. The molecule has 1 saturated heterocycles. The smallest absolute Gasteiger partial charge is 0.244 e. The lowest BCUT2D eigenvalue weighted by atomic mass is 9.93. The summed E-state index contributed by atoms with van der Waals surface area (Å²) in [5.74, 6) is 0.0491. The van der Waals surface area contributed by atoms with Gasteiger partial charge in [0.15, 0.2) is 5.75 Å². The van der Waals surface area contributed by atoms with Crippen molar-refractivity contribution in [2.24, 2.45) is 0 Å². The molecule has 0 unspecified atom stereocenters. The maximum Gasteiger partial charge on any atom is 0.244 e. The van der Waals surface area contributed by atoms with Crippen molar-refractivity contribution >= 4 is 11.6 Å². The van der Waals surface area contributed by atoms with Gasteiger partial charge < -0.3 is 20.5 Å². The molecular weight excluding hydrogens is 371 g/mol. The van der Waals surface area contributed by atoms with E-state index in [0.717, 1.165) is 0 Å². The van der Waals surface area contributed by atoms with Gasteiger partial charge in [-0.05, 0) is 42.0 Å². The van der Waals surface area contributed by atoms with Crippen molar-refractivity contribution in [3.8, 4) is 11.5 Å². The lowest BCUT2D eigenvalue weighted by Crippen LogP contribution is -2.42. The van der Waals surface area contributed by atoms with Gasteiger partial charge in [0, 0.05) is 12.5 Å². The first-order valence-electron chi connectivity index (χ1n) is 9.41. The number of nitrogens with one attached hydrogen (secondary N) is 2. The van der Waals surface area contributed by atoms with E-state index >= 15 is 0 Å². The van der Waals surface area contributed by atoms with E-state index in [1.807, 2.05) is 36.4 Å². The van der Waals surface area contributed by atoms with Gasteiger partial charge in [-0.2, -0.15) is 0 Å². The van der Waals surface area contributed by atoms with Crippen LogP contribution in [0.5, 0.6) is 11.5 Å². The molecule has 1 aliphatic rings. The number of para-hydroxylation sites is 3. The van der Waals surface area contributed by atoms with Crippen molar-refractivity contribution in [1.82, 2.24) is 5.32 Å². The van der Waals surface area contributed by atoms with Crippen LogP contribution in [0.4, 0.5) is 10.1 Å². The van der Waals surface area contributed by atoms with Gasteiger partial charge >= 0.3 is 0 Å². The molecule has 0 bridgehead atoms. The maximum absolute atomic E-state index is 13.5. The number of aliphatic hydroxyl groups is 1. The normalized spacial score (nSPS) is 21.0. The largest absolute Gasteiger partial charge is 0.455 e. The molecule has 6 heteroatoms. The average molecular weight is 392 g/mol. The summed E-state index contributed by atoms with van der Waals surface area (Å²) in [7, 11) is 0. The molecular formula is C23H21FN2O3. The minimum atomic E-state index is -0.973. The highest BCUT2D eigenvalue weighted by molar-refractivity contribution is 5.97. The van der Waals surface area contributed by atoms with Crippen molar-refractivity contribution in [3.63, 3.8) is 0 Å². The topological polar surface area (TPSA) is 70.6 Å². The number of benzene rings is 3. The van der Waals surface area contributed by atoms with Crippen molar-refractivity contribution < 1.29 is 19.0 Å². The van der Waals surface area contributed by atoms with Gasteiger partial charge in [-0.15, -0.1) is 0 Å². The zero-order valence-electron chi connectivity index (χ0n) is 15.6. The Labute approximate surface area is 168 Å². The number of aliphatic hydroxyl groups excluding tert-OH is 1. The minimum Gasteiger partial charge on any atom is -0.455 e. The first-order chi connectivity index (χ1) is 14.1. The Hall–Kier alpha value is -3.22. The van der Waals surface area contributed by atoms with E-state index in [4.69, 9.17) is 4.74 Å². The van der Waals surface area contributed by atoms with Crippen LogP contribution in [-0.4, -0.2) is 29.7 Å². The Morgan fingerprint density at radius 1 is 1.03 bits per heavy atom. The Kier molecular flexibility index (Phi) is 5.55. The van der Waals surface area contributed by atoms with Crippen LogP contribution in [0.15, 0.2) is 78.9 Å². The third-order valence-electron chi connectivity index (χ3n) is 4.99. The summed E-state index contributed by atoms with van der Waals surface area (Å²) in [4.78, 5) is 12.8. The number of carbonyl (C=O) groups excluding carboxylic acids is 1. The molecule has 29 heavy (non-hydrogen) atoms. The van der Waals surface area contributed by atoms with Gasteiger partial charge in [-0.1, -0.05) is 42.5 Å². The van der Waals surface area contributed by atoms with Crippen molar-refractivity contribution in [3.05, 3.63) is 90.2 Å². The first-order valence-corrected chi connectivity index (χ1v) is 9.41. The Bertz CT molecular complexity index is 996. The molecule has 1 heterocycles. The summed E-state index contributed by atoms with van der Waals surface area (Å²) in [5, 5.41) is 16.5. The van der Waals surface area contributed by atoms with Crippen LogP contribution in [0, 0.1) is 5.82 Å². The van der Waals surface area contributed by atoms with Crippen LogP contribution in [0.1, 0.15) is 11.5 Å². The van der Waals surface area contributed by atoms with E-state index in [0.29, 0.717) is 29.3 Å². The highest BCUT2D eigenvalue weighted by Crippen LogP contribution is 2.31. The van der Waals surface area contributed by atoms with E-state index in [2.05, 4.69) is 10.6 Å². The molecule has 0 saturated carbocycles. The number of hydrogen-bond acceptors (Lipinski definition) is 4. The summed E-state index contributed by atoms with van der Waals surface area (Å²) < 4.78 is 19.4. The van der Waals surface area contributed by atoms with Gasteiger partial charge in [0.05, 0.1) is 11.8 Å². The predicted octanol–water partition coefficient (Wildman–Crippen LogP) is 3.67. The third-order valence-corrected chi connectivity index (χ3v) is 4.99. The fourth-order valence-corrected chi connectivity index (χ4v) is 3.51. The molecule has 1 fully saturated rings. The molecule has 1 aliphatic heterocycles. The number of hydrogen-bond donors (Lipinski definition) is 3. The highest BCUT2D eigenvalue weighted by Gasteiger charge is 2.39. The van der Waals surface area contributed by atoms with Crippen molar-refractivity contribution in [2.75, 3.05) is 11.9 Å². The van der Waals surface area contributed by atoms with Crippen LogP contribution in [0.3, 0.4) is 0 Å². The molecule has 3 N–H and O–H groups in total. The van der Waals surface area contributed by atoms with E-state index < -0.39 is 12.1 Å². The van der Waals surface area contributed by atoms with Crippen LogP contribution in [0.2, 0.25) is 0 Å². The van der Waals surface area contributed by atoms with Gasteiger partial charge in [0.2, 0.25) is 5.91 Å². The fraction of sp³-hybridized carbons (Fsp3) is 0.174. The third kappa shape index (κ3) is 4.29. The molecule has 3 atom stereocenters. The minimum absolute atomic E-state index is 0.364. The Balaban J connectivity index is 1.47. The Morgan fingerprint density at radius 3 is 2.59 bits per heavy atom. The summed E-state index contributed by atoms with van der Waals surface area (Å²) >= 11 is 0. The van der Waals surface area contributed by atoms with Crippen LogP contribution in [0.25, 0.3) is 0 Å². The van der Waals surface area contributed by atoms with Gasteiger partial charge in [-0.25, -0.2) is 4.39 Å². The molecule has 3 aromatic carbocycles. The molecule has 148 valence electrons. The van der Waals surface area contributed by atoms with Crippen molar-refractivity contribution in [1.29, 1.82) is 0 Å². The summed E-state index contributed by atoms with van der Waals surface area (Å²) in [6.07, 6.45) is -0.973. The SMILES string of the molecule is O=C(Nc1ccccc1Oc1ccccc1)[C@H]1NC[C@H](c2cccc(F)c2)[C@H]1O. The molecule has 0 aliphatic carbocycles. The van der Waals surface area contributed by atoms with Gasteiger partial charge in [-0.3, -0.25) is 4.79 Å². The zero-order valence-corrected chi connectivity index (χ0v) is 15.6. The summed E-state index contributed by atoms with van der Waals surface area (Å²) in [5.41, 5.74) is 1.16. The number of anilines is 1. The van der Waals surface area contributed by atoms with Crippen LogP contribution < -0.4 is 15.4 Å². The lowest BCUT2D eigenvalue weighted by molar-refractivity contribution is -0.119. The zero-order chi connectivity index (χ0) is 20.2. The maximum atomic E-state index is 13.5. The van der Waals surface area contributed by atoms with Crippen LogP contribution in [-0.2, 0) is 4.79 Å². The monoisotopic (exact) mass is 392 g/mol. The van der Waals surface area contributed by atoms with E-state index in [-0.39, 0.29) is 17.6 Å². The first kappa shape index (κ1) is 19.1. The molecule has 0 radical (unpaired) electrons. The number of carbonyl (C=O) groups is 1. The van der Waals surface area contributed by atoms with Crippen LogP contribution >= 0.6 is 0 Å². The van der Waals surface area contributed by atoms with E-state index in [1.165, 1.54) is 12.1 Å². The second-order valence-corrected chi connectivity index (χ2v) is 6.94. The van der Waals surface area contributed by atoms with Gasteiger partial charge in [0.25, 0.3) is 0 Å². The van der Waals surface area contributed by atoms with E-state index in [1.54, 1.807) is 30.3 Å². The fourth-order valence-electron chi connectivity index (χ4n) is 3.51. The second kappa shape index (κ2) is 8.43. The summed E-state index contributed by atoms with van der Waals surface area (Å²) in [6.45, 7) is 0.380. The van der Waals surface area contributed by atoms with E-state index in [9.17, 15) is 14.3 Å². The molecule has 5 nitrogen and oxygen atoms in total. The average Bonchev–Trinajstić information content (AvgIpc) is 3.12. The lowest BCUT2D eigenvalue weighted by Gasteiger charge is -2.19. The molecule has 0 spiro atoms. The summed E-state index contributed by atoms with van der Waals surface area (Å²) in [6, 6.07) is 21.7. The molecule has 4 rings (SSSR count). The number of amides is 1. The highest BCUT2D eigenvalue weighted by atomic mass is 19.1. The number of halogens is 1. The van der Waals surface area contributed by atoms with Gasteiger partial charge in [0.1, 0.15) is 17.6 Å². The number of rotatable bonds is 5. The van der Waals surface area contributed by atoms with Crippen molar-refractivity contribution in [2.45, 2.75) is 18.1 Å².